The molecule has 0 saturated heterocycles. The molecule has 110 valence electrons. The Morgan fingerprint density at radius 3 is 1.90 bits per heavy atom. The molecule has 5 N–H and O–H groups in total. The summed E-state index contributed by atoms with van der Waals surface area (Å²) >= 11 is 0. The Bertz CT molecular complexity index is 351. The van der Waals surface area contributed by atoms with E-state index in [1.54, 1.807) is 0 Å². The number of hydrogen-bond acceptors (Lipinski definition) is 7. The first-order chi connectivity index (χ1) is 8.21. The maximum atomic E-state index is 11.1. The van der Waals surface area contributed by atoms with E-state index in [4.69, 9.17) is 20.4 Å². The van der Waals surface area contributed by atoms with E-state index in [-0.39, 0.29) is 93.0 Å². The van der Waals surface area contributed by atoms with Gasteiger partial charge in [0.2, 0.25) is 0 Å². The van der Waals surface area contributed by atoms with Crippen LogP contribution in [0.3, 0.4) is 0 Å². The van der Waals surface area contributed by atoms with Crippen LogP contribution < -0.4 is 88.7 Å². The van der Waals surface area contributed by atoms with Crippen molar-refractivity contribution in [3.8, 4) is 0 Å². The van der Waals surface area contributed by atoms with E-state index >= 15 is 0 Å². The van der Waals surface area contributed by atoms with E-state index in [0.29, 0.717) is 0 Å². The van der Waals surface area contributed by atoms with Crippen LogP contribution >= 0.6 is 0 Å². The Morgan fingerprint density at radius 2 is 1.57 bits per heavy atom. The number of aliphatic hydroxyl groups excluding tert-OH is 2. The number of esters is 1. The van der Waals surface area contributed by atoms with Crippen molar-refractivity contribution in [1.82, 2.24) is 0 Å². The number of hydrogen-bond donors (Lipinski definition) is 5. The Hall–Kier alpha value is 1.29. The van der Waals surface area contributed by atoms with Crippen LogP contribution in [0.1, 0.15) is 17.1 Å². The zero-order valence-corrected chi connectivity index (χ0v) is 18.3. The fraction of sp³-hybridized carbons (Fsp3) is 0.667. The first-order valence-electron chi connectivity index (χ1n) is 4.83. The number of aliphatic hydroxyl groups is 3. The molecule has 0 rings (SSSR count). The number of carboxylic acids is 2. The number of carbonyl (C=O) groups is 3. The maximum Gasteiger partial charge on any atom is 1.00 e. The molecule has 0 spiro atoms. The van der Waals surface area contributed by atoms with Crippen LogP contribution in [0, 0.1) is 0 Å². The van der Waals surface area contributed by atoms with Gasteiger partial charge in [0, 0.05) is 0 Å². The molecule has 0 aromatic carbocycles. The molecule has 0 aromatic heterocycles. The summed E-state index contributed by atoms with van der Waals surface area (Å²) in [4.78, 5) is 32.2. The van der Waals surface area contributed by atoms with Gasteiger partial charge in [0.05, 0.1) is 19.4 Å². The number of carbonyl (C=O) groups excluding carboxylic acids is 1. The van der Waals surface area contributed by atoms with Gasteiger partial charge in [0.15, 0.2) is 5.60 Å². The molecular weight excluding hydrogens is 321 g/mol. The van der Waals surface area contributed by atoms with E-state index in [9.17, 15) is 19.5 Å². The molecule has 0 aliphatic heterocycles. The molecule has 0 bridgehead atoms. The van der Waals surface area contributed by atoms with Crippen molar-refractivity contribution in [3.63, 3.8) is 0 Å². The molecule has 9 nitrogen and oxygen atoms in total. The molecule has 0 aliphatic rings. The molecule has 12 heteroatoms. The summed E-state index contributed by atoms with van der Waals surface area (Å²) in [7, 11) is 0. The van der Waals surface area contributed by atoms with Crippen molar-refractivity contribution in [1.29, 1.82) is 0 Å². The van der Waals surface area contributed by atoms with E-state index in [1.807, 2.05) is 0 Å². The number of ether oxygens (including phenoxy) is 1. The van der Waals surface area contributed by atoms with Gasteiger partial charge >= 0.3 is 107 Å². The average Bonchev–Trinajstić information content (AvgIpc) is 2.24. The number of aliphatic carboxylic acids is 2. The van der Waals surface area contributed by atoms with Crippen molar-refractivity contribution in [3.05, 3.63) is 0 Å². The van der Waals surface area contributed by atoms with Crippen molar-refractivity contribution < 1.29 is 138 Å². The first-order valence-corrected chi connectivity index (χ1v) is 4.83. The van der Waals surface area contributed by atoms with Gasteiger partial charge < -0.3 is 34.5 Å². The Morgan fingerprint density at radius 1 is 1.10 bits per heavy atom. The SMILES string of the molecule is O=C(O)CC(O)(CC(=O)OCC(O)CO)C(=O)O.[H-].[H-].[H-].[Na+].[Na+].[Na+]. The molecule has 0 aromatic rings. The second kappa shape index (κ2) is 14.9. The van der Waals surface area contributed by atoms with Gasteiger partial charge in [-0.3, -0.25) is 9.59 Å². The topological polar surface area (TPSA) is 162 Å². The van der Waals surface area contributed by atoms with E-state index in [2.05, 4.69) is 4.74 Å². The fourth-order valence-electron chi connectivity index (χ4n) is 0.996. The van der Waals surface area contributed by atoms with Crippen LogP contribution in [0.15, 0.2) is 0 Å². The monoisotopic (exact) mass is 338 g/mol. The van der Waals surface area contributed by atoms with E-state index in [0.717, 1.165) is 0 Å². The Labute approximate surface area is 191 Å². The van der Waals surface area contributed by atoms with E-state index in [1.165, 1.54) is 0 Å². The van der Waals surface area contributed by atoms with Crippen LogP contribution in [0.4, 0.5) is 0 Å². The minimum Gasteiger partial charge on any atom is -1.00 e. The molecule has 2 atom stereocenters. The molecule has 0 amide bonds. The zero-order valence-electron chi connectivity index (χ0n) is 15.3. The average molecular weight is 338 g/mol. The summed E-state index contributed by atoms with van der Waals surface area (Å²) in [6.07, 6.45) is -3.57. The van der Waals surface area contributed by atoms with Crippen molar-refractivity contribution in [2.24, 2.45) is 0 Å². The van der Waals surface area contributed by atoms with Gasteiger partial charge in [0.25, 0.3) is 0 Å². The molecule has 21 heavy (non-hydrogen) atoms. The van der Waals surface area contributed by atoms with E-state index < -0.39 is 55.7 Å². The largest absolute Gasteiger partial charge is 1.00 e. The van der Waals surface area contributed by atoms with Gasteiger partial charge in [0.1, 0.15) is 12.7 Å². The van der Waals surface area contributed by atoms with Gasteiger partial charge in [-0.2, -0.15) is 0 Å². The minimum absolute atomic E-state index is 0. The molecule has 0 fully saturated rings. The summed E-state index contributed by atoms with van der Waals surface area (Å²) in [6, 6.07) is 0. The fourth-order valence-corrected chi connectivity index (χ4v) is 0.996. The summed E-state index contributed by atoms with van der Waals surface area (Å²) in [6.45, 7) is -1.25. The third-order valence-electron chi connectivity index (χ3n) is 1.93. The standard InChI is InChI=1S/C9H14O9.3Na.3H/c10-3-5(11)4-18-7(14)2-9(17,8(15)16)1-6(12)13;;;;;;/h5,10-11,17H,1-4H2,(H,12,13)(H,15,16);;;;;;/q;3*+1;3*-1. The summed E-state index contributed by atoms with van der Waals surface area (Å²) in [5.41, 5.74) is -2.77. The van der Waals surface area contributed by atoms with Crippen molar-refractivity contribution in [2.45, 2.75) is 24.5 Å². The van der Waals surface area contributed by atoms with Gasteiger partial charge in [-0.15, -0.1) is 0 Å². The third-order valence-corrected chi connectivity index (χ3v) is 1.93. The third kappa shape index (κ3) is 13.4. The molecular formula is C9H17Na3O9. The normalized spacial score (nSPS) is 13.3. The number of rotatable bonds is 8. The quantitative estimate of drug-likeness (QED) is 0.214. The Balaban J connectivity index is -0.0000000963. The minimum atomic E-state index is -2.77. The molecule has 0 heterocycles. The van der Waals surface area contributed by atoms with Gasteiger partial charge in [-0.1, -0.05) is 0 Å². The van der Waals surface area contributed by atoms with Crippen molar-refractivity contribution in [2.75, 3.05) is 13.2 Å². The van der Waals surface area contributed by atoms with Gasteiger partial charge in [-0.25, -0.2) is 4.79 Å². The molecule has 0 saturated carbocycles. The molecule has 0 aliphatic carbocycles. The van der Waals surface area contributed by atoms with Crippen LogP contribution in [0.5, 0.6) is 0 Å². The van der Waals surface area contributed by atoms with Crippen LogP contribution in [0.25, 0.3) is 0 Å². The van der Waals surface area contributed by atoms with Crippen LogP contribution in [-0.2, 0) is 19.1 Å². The Kier molecular flexibility index (Phi) is 21.4. The first kappa shape index (κ1) is 30.2. The predicted octanol–water partition coefficient (Wildman–Crippen LogP) is -11.1. The van der Waals surface area contributed by atoms with Crippen molar-refractivity contribution >= 4 is 17.9 Å². The molecule has 2 unspecified atom stereocenters. The second-order valence-electron chi connectivity index (χ2n) is 3.60. The predicted molar refractivity (Wildman–Crippen MR) is 56.8 cm³/mol. The number of carboxylic acid groups (broad SMARTS) is 2. The summed E-state index contributed by atoms with van der Waals surface area (Å²) in [5.74, 6) is -4.67. The second-order valence-corrected chi connectivity index (χ2v) is 3.60. The summed E-state index contributed by atoms with van der Waals surface area (Å²) in [5, 5.41) is 43.8. The van der Waals surface area contributed by atoms with Crippen LogP contribution in [-0.4, -0.2) is 68.4 Å². The molecule has 0 radical (unpaired) electrons. The smallest absolute Gasteiger partial charge is 1.00 e. The zero-order chi connectivity index (χ0) is 14.3. The maximum absolute atomic E-state index is 11.1. The summed E-state index contributed by atoms with van der Waals surface area (Å²) < 4.78 is 4.36. The van der Waals surface area contributed by atoms with Gasteiger partial charge in [-0.05, 0) is 0 Å². The van der Waals surface area contributed by atoms with Crippen LogP contribution in [0.2, 0.25) is 0 Å².